The van der Waals surface area contributed by atoms with Crippen LogP contribution in [0, 0.1) is 6.92 Å². The molecule has 4 aromatic carbocycles. The topological polar surface area (TPSA) is 29.0 Å². The summed E-state index contributed by atoms with van der Waals surface area (Å²) in [5.74, 6) is 1.63. The highest BCUT2D eigenvalue weighted by Crippen LogP contribution is 2.36. The number of anilines is 3. The van der Waals surface area contributed by atoms with Crippen LogP contribution in [0.25, 0.3) is 33.6 Å². The van der Waals surface area contributed by atoms with Gasteiger partial charge in [0.05, 0.1) is 11.4 Å². The van der Waals surface area contributed by atoms with E-state index in [-0.39, 0.29) is 0 Å². The van der Waals surface area contributed by atoms with Gasteiger partial charge in [-0.05, 0) is 60.0 Å². The van der Waals surface area contributed by atoms with E-state index >= 15 is 0 Å². The molecular formula is C35H27N3. The van der Waals surface area contributed by atoms with Crippen molar-refractivity contribution in [3.8, 4) is 33.6 Å². The quantitative estimate of drug-likeness (QED) is 0.233. The Bertz CT molecular complexity index is 1680. The molecule has 0 aliphatic rings. The van der Waals surface area contributed by atoms with E-state index in [0.29, 0.717) is 0 Å². The summed E-state index contributed by atoms with van der Waals surface area (Å²) < 4.78 is 0. The van der Waals surface area contributed by atoms with Gasteiger partial charge in [0.15, 0.2) is 0 Å². The van der Waals surface area contributed by atoms with Gasteiger partial charge >= 0.3 is 0 Å². The number of pyridine rings is 2. The minimum Gasteiger partial charge on any atom is -0.279 e. The maximum Gasteiger partial charge on any atom is 0.139 e. The summed E-state index contributed by atoms with van der Waals surface area (Å²) in [7, 11) is 0. The van der Waals surface area contributed by atoms with Crippen molar-refractivity contribution in [1.29, 1.82) is 0 Å². The molecule has 2 heterocycles. The highest BCUT2D eigenvalue weighted by atomic mass is 15.2. The van der Waals surface area contributed by atoms with Gasteiger partial charge in [0, 0.05) is 16.8 Å². The first-order valence-corrected chi connectivity index (χ1v) is 12.8. The molecule has 0 spiro atoms. The Hall–Kier alpha value is -5.02. The van der Waals surface area contributed by atoms with E-state index in [0.717, 1.165) is 45.4 Å². The van der Waals surface area contributed by atoms with Crippen LogP contribution in [0.1, 0.15) is 5.56 Å². The highest BCUT2D eigenvalue weighted by Gasteiger charge is 2.17. The molecule has 3 nitrogen and oxygen atoms in total. The smallest absolute Gasteiger partial charge is 0.139 e. The average molecular weight is 490 g/mol. The third-order valence-corrected chi connectivity index (χ3v) is 6.65. The number of rotatable bonds is 6. The second kappa shape index (κ2) is 10.5. The summed E-state index contributed by atoms with van der Waals surface area (Å²) in [5, 5.41) is 0. The van der Waals surface area contributed by atoms with Crippen molar-refractivity contribution in [3.63, 3.8) is 0 Å². The van der Waals surface area contributed by atoms with Gasteiger partial charge in [0.2, 0.25) is 0 Å². The molecule has 182 valence electrons. The van der Waals surface area contributed by atoms with Crippen molar-refractivity contribution in [1.82, 2.24) is 9.97 Å². The summed E-state index contributed by atoms with van der Waals surface area (Å²) in [6, 6.07) is 49.9. The molecule has 38 heavy (non-hydrogen) atoms. The lowest BCUT2D eigenvalue weighted by Gasteiger charge is -2.24. The summed E-state index contributed by atoms with van der Waals surface area (Å²) in [6.45, 7) is 2.12. The van der Waals surface area contributed by atoms with Crippen molar-refractivity contribution in [2.45, 2.75) is 6.92 Å². The molecule has 0 bridgehead atoms. The van der Waals surface area contributed by atoms with E-state index < -0.39 is 0 Å². The molecule has 0 aliphatic heterocycles. The number of para-hydroxylation sites is 1. The third kappa shape index (κ3) is 4.70. The van der Waals surface area contributed by atoms with E-state index in [1.807, 2.05) is 36.4 Å². The summed E-state index contributed by atoms with van der Waals surface area (Å²) in [4.78, 5) is 12.4. The third-order valence-electron chi connectivity index (χ3n) is 6.65. The SMILES string of the molecule is Cc1ccccc1-c1cccc(N(c2ccccc2)c2cccc(-c3ccccc3-c3ccccc3)n2)n1. The van der Waals surface area contributed by atoms with Crippen LogP contribution in [0.5, 0.6) is 0 Å². The number of benzene rings is 4. The fraction of sp³-hybridized carbons (Fsp3) is 0.0286. The van der Waals surface area contributed by atoms with Gasteiger partial charge in [0.25, 0.3) is 0 Å². The fourth-order valence-electron chi connectivity index (χ4n) is 4.79. The molecule has 2 aromatic heterocycles. The molecule has 0 unspecified atom stereocenters. The van der Waals surface area contributed by atoms with Gasteiger partial charge in [-0.15, -0.1) is 0 Å². The Labute approximate surface area is 223 Å². The fourth-order valence-corrected chi connectivity index (χ4v) is 4.79. The number of hydrogen-bond donors (Lipinski definition) is 0. The zero-order valence-electron chi connectivity index (χ0n) is 21.2. The van der Waals surface area contributed by atoms with Gasteiger partial charge in [-0.2, -0.15) is 0 Å². The Balaban J connectivity index is 1.49. The van der Waals surface area contributed by atoms with E-state index in [4.69, 9.17) is 9.97 Å². The molecular weight excluding hydrogens is 462 g/mol. The van der Waals surface area contributed by atoms with Crippen molar-refractivity contribution < 1.29 is 0 Å². The number of aromatic nitrogens is 2. The minimum atomic E-state index is 0.811. The maximum atomic E-state index is 5.19. The molecule has 0 atom stereocenters. The van der Waals surface area contributed by atoms with Crippen LogP contribution in [-0.2, 0) is 0 Å². The molecule has 0 radical (unpaired) electrons. The number of nitrogens with zero attached hydrogens (tertiary/aromatic N) is 3. The number of aryl methyl sites for hydroxylation is 1. The van der Waals surface area contributed by atoms with Crippen molar-refractivity contribution in [3.05, 3.63) is 151 Å². The second-order valence-electron chi connectivity index (χ2n) is 9.16. The zero-order chi connectivity index (χ0) is 25.7. The predicted molar refractivity (Wildman–Crippen MR) is 158 cm³/mol. The molecule has 3 heteroatoms. The molecule has 0 aliphatic carbocycles. The Morgan fingerprint density at radius 1 is 0.421 bits per heavy atom. The molecule has 6 rings (SSSR count). The average Bonchev–Trinajstić information content (AvgIpc) is 2.99. The normalized spacial score (nSPS) is 10.8. The summed E-state index contributed by atoms with van der Waals surface area (Å²) in [5.41, 5.74) is 8.59. The zero-order valence-corrected chi connectivity index (χ0v) is 21.2. The van der Waals surface area contributed by atoms with E-state index in [1.54, 1.807) is 0 Å². The second-order valence-corrected chi connectivity index (χ2v) is 9.16. The Morgan fingerprint density at radius 2 is 0.921 bits per heavy atom. The van der Waals surface area contributed by atoms with Crippen LogP contribution in [0.3, 0.4) is 0 Å². The van der Waals surface area contributed by atoms with E-state index in [1.165, 1.54) is 11.1 Å². The lowest BCUT2D eigenvalue weighted by atomic mass is 9.97. The van der Waals surface area contributed by atoms with Gasteiger partial charge in [-0.1, -0.05) is 109 Å². The molecule has 0 amide bonds. The molecule has 6 aromatic rings. The molecule has 0 saturated carbocycles. The Kier molecular flexibility index (Phi) is 6.48. The van der Waals surface area contributed by atoms with Crippen LogP contribution in [0.2, 0.25) is 0 Å². The first-order valence-electron chi connectivity index (χ1n) is 12.8. The van der Waals surface area contributed by atoms with Crippen LogP contribution >= 0.6 is 0 Å². The van der Waals surface area contributed by atoms with Gasteiger partial charge in [-0.3, -0.25) is 4.90 Å². The summed E-state index contributed by atoms with van der Waals surface area (Å²) >= 11 is 0. The van der Waals surface area contributed by atoms with Crippen LogP contribution < -0.4 is 4.90 Å². The van der Waals surface area contributed by atoms with Crippen molar-refractivity contribution in [2.75, 3.05) is 4.90 Å². The van der Waals surface area contributed by atoms with Gasteiger partial charge in [0.1, 0.15) is 11.6 Å². The predicted octanol–water partition coefficient (Wildman–Crippen LogP) is 9.26. The van der Waals surface area contributed by atoms with E-state index in [2.05, 4.69) is 121 Å². The first-order chi connectivity index (χ1) is 18.8. The van der Waals surface area contributed by atoms with Crippen LogP contribution in [-0.4, -0.2) is 9.97 Å². The highest BCUT2D eigenvalue weighted by molar-refractivity contribution is 5.83. The van der Waals surface area contributed by atoms with E-state index in [9.17, 15) is 0 Å². The lowest BCUT2D eigenvalue weighted by molar-refractivity contribution is 1.13. The van der Waals surface area contributed by atoms with Gasteiger partial charge < -0.3 is 0 Å². The molecule has 0 fully saturated rings. The van der Waals surface area contributed by atoms with Crippen LogP contribution in [0.4, 0.5) is 17.3 Å². The monoisotopic (exact) mass is 489 g/mol. The summed E-state index contributed by atoms with van der Waals surface area (Å²) in [6.07, 6.45) is 0. The molecule has 0 saturated heterocycles. The first kappa shape index (κ1) is 23.4. The minimum absolute atomic E-state index is 0.811. The van der Waals surface area contributed by atoms with Crippen LogP contribution in [0.15, 0.2) is 146 Å². The van der Waals surface area contributed by atoms with Crippen molar-refractivity contribution >= 4 is 17.3 Å². The maximum absolute atomic E-state index is 5.19. The Morgan fingerprint density at radius 3 is 1.55 bits per heavy atom. The number of hydrogen-bond acceptors (Lipinski definition) is 3. The van der Waals surface area contributed by atoms with Gasteiger partial charge in [-0.25, -0.2) is 9.97 Å². The lowest BCUT2D eigenvalue weighted by Crippen LogP contribution is -2.13. The molecule has 0 N–H and O–H groups in total. The van der Waals surface area contributed by atoms with Crippen molar-refractivity contribution in [2.24, 2.45) is 0 Å². The standard InChI is InChI=1S/C35H27N3/c1-26-14-8-9-19-29(26)32-22-12-24-34(36-32)38(28-17-6-3-7-18-28)35-25-13-23-33(37-35)31-21-11-10-20-30(31)27-15-4-2-5-16-27/h2-25H,1H3. The largest absolute Gasteiger partial charge is 0.279 e.